The van der Waals surface area contributed by atoms with Gasteiger partial charge in [-0.2, -0.15) is 0 Å². The van der Waals surface area contributed by atoms with E-state index in [0.717, 1.165) is 91.2 Å². The number of rotatable bonds is 12. The number of fused-ring (bicyclic) bond motifs is 2. The van der Waals surface area contributed by atoms with Gasteiger partial charge in [0.25, 0.3) is 0 Å². The summed E-state index contributed by atoms with van der Waals surface area (Å²) < 4.78 is 0. The molecule has 3 aromatic rings. The van der Waals surface area contributed by atoms with Crippen molar-refractivity contribution in [3.63, 3.8) is 0 Å². The number of nitrogens with zero attached hydrogens (tertiary/aromatic N) is 4. The Morgan fingerprint density at radius 1 is 0.775 bits per heavy atom. The van der Waals surface area contributed by atoms with Gasteiger partial charge < -0.3 is 30.7 Å². The highest BCUT2D eigenvalue weighted by Crippen LogP contribution is 2.34. The van der Waals surface area contributed by atoms with Crippen LogP contribution in [0.2, 0.25) is 0 Å². The predicted molar refractivity (Wildman–Crippen MR) is 164 cm³/mol. The second-order valence-electron chi connectivity index (χ2n) is 11.4. The minimum absolute atomic E-state index is 0.0287. The van der Waals surface area contributed by atoms with Gasteiger partial charge in [-0.05, 0) is 102 Å². The van der Waals surface area contributed by atoms with Crippen LogP contribution in [0.4, 0.5) is 17.1 Å². The van der Waals surface area contributed by atoms with E-state index in [1.807, 2.05) is 36.4 Å². The average molecular weight is 546 g/mol. The Hall–Kier alpha value is -3.27. The van der Waals surface area contributed by atoms with Crippen molar-refractivity contribution in [2.24, 2.45) is 0 Å². The minimum Gasteiger partial charge on any atom is -0.383 e. The zero-order valence-corrected chi connectivity index (χ0v) is 24.0. The molecule has 2 aliphatic heterocycles. The maximum atomic E-state index is 12.7. The molecule has 0 radical (unpaired) electrons. The van der Waals surface area contributed by atoms with E-state index < -0.39 is 0 Å². The lowest BCUT2D eigenvalue weighted by molar-refractivity contribution is -0.117. The largest absolute Gasteiger partial charge is 0.383 e. The van der Waals surface area contributed by atoms with Crippen LogP contribution in [-0.2, 0) is 9.59 Å². The highest BCUT2D eigenvalue weighted by molar-refractivity contribution is 6.10. The number of amides is 2. The van der Waals surface area contributed by atoms with Crippen LogP contribution in [0, 0.1) is 0 Å². The second-order valence-corrected chi connectivity index (χ2v) is 11.4. The molecule has 2 aliphatic rings. The van der Waals surface area contributed by atoms with E-state index >= 15 is 0 Å². The molecule has 9 nitrogen and oxygen atoms in total. The summed E-state index contributed by atoms with van der Waals surface area (Å²) in [4.78, 5) is 37.2. The molecule has 0 atom stereocenters. The van der Waals surface area contributed by atoms with Gasteiger partial charge in [-0.3, -0.25) is 9.59 Å². The molecule has 214 valence electrons. The van der Waals surface area contributed by atoms with Gasteiger partial charge in [0, 0.05) is 61.2 Å². The highest BCUT2D eigenvalue weighted by Gasteiger charge is 2.16. The van der Waals surface area contributed by atoms with E-state index in [0.29, 0.717) is 12.8 Å². The lowest BCUT2D eigenvalue weighted by Gasteiger charge is -2.18. The van der Waals surface area contributed by atoms with Gasteiger partial charge in [0.2, 0.25) is 11.8 Å². The normalized spacial score (nSPS) is 16.3. The maximum absolute atomic E-state index is 12.7. The number of anilines is 3. The van der Waals surface area contributed by atoms with Crippen LogP contribution < -0.4 is 16.0 Å². The van der Waals surface area contributed by atoms with E-state index in [2.05, 4.69) is 44.7 Å². The number of benzene rings is 2. The van der Waals surface area contributed by atoms with Crippen LogP contribution in [-0.4, -0.2) is 98.0 Å². The molecule has 3 heterocycles. The van der Waals surface area contributed by atoms with Crippen LogP contribution in [0.3, 0.4) is 0 Å². The summed E-state index contributed by atoms with van der Waals surface area (Å²) in [6.07, 6.45) is 5.87. The number of carbonyl (C=O) groups is 2. The molecule has 2 amide bonds. The first-order chi connectivity index (χ1) is 19.4. The predicted octanol–water partition coefficient (Wildman–Crippen LogP) is 4.21. The van der Waals surface area contributed by atoms with Gasteiger partial charge in [0.05, 0.1) is 16.7 Å². The lowest BCUT2D eigenvalue weighted by Crippen LogP contribution is -2.25. The van der Waals surface area contributed by atoms with Gasteiger partial charge in [0.15, 0.2) is 0 Å². The highest BCUT2D eigenvalue weighted by atomic mass is 16.2. The lowest BCUT2D eigenvalue weighted by atomic mass is 10.1. The second kappa shape index (κ2) is 13.4. The van der Waals surface area contributed by atoms with Crippen LogP contribution in [0.25, 0.3) is 21.8 Å². The molecular formula is C31H43N7O2. The number of hydrogen-bond acceptors (Lipinski definition) is 7. The van der Waals surface area contributed by atoms with Crippen molar-refractivity contribution < 1.29 is 9.59 Å². The summed E-state index contributed by atoms with van der Waals surface area (Å²) in [6.45, 7) is 7.57. The van der Waals surface area contributed by atoms with E-state index in [1.54, 1.807) is 0 Å². The molecule has 5 rings (SSSR count). The summed E-state index contributed by atoms with van der Waals surface area (Å²) in [5, 5.41) is 11.7. The number of likely N-dealkylation sites (tertiary alicyclic amines) is 2. The van der Waals surface area contributed by atoms with Crippen molar-refractivity contribution >= 4 is 50.7 Å². The molecular weight excluding hydrogens is 502 g/mol. The average Bonchev–Trinajstić information content (AvgIpc) is 3.65. The molecule has 0 saturated carbocycles. The molecule has 2 aromatic carbocycles. The summed E-state index contributed by atoms with van der Waals surface area (Å²) in [5.41, 5.74) is 4.21. The maximum Gasteiger partial charge on any atom is 0.225 e. The molecule has 0 unspecified atom stereocenters. The molecule has 0 bridgehead atoms. The quantitative estimate of drug-likeness (QED) is 0.294. The fraction of sp³-hybridized carbons (Fsp3) is 0.516. The van der Waals surface area contributed by atoms with Crippen LogP contribution in [0.1, 0.15) is 38.5 Å². The van der Waals surface area contributed by atoms with E-state index in [-0.39, 0.29) is 11.8 Å². The fourth-order valence-electron chi connectivity index (χ4n) is 5.67. The summed E-state index contributed by atoms with van der Waals surface area (Å²) >= 11 is 0. The molecule has 1 aromatic heterocycles. The fourth-order valence-corrected chi connectivity index (χ4v) is 5.67. The van der Waals surface area contributed by atoms with Crippen molar-refractivity contribution in [1.29, 1.82) is 0 Å². The summed E-state index contributed by atoms with van der Waals surface area (Å²) in [7, 11) is 4.10. The summed E-state index contributed by atoms with van der Waals surface area (Å²) in [5.74, 6) is 0.0575. The standard InChI is InChI=1S/C31H43N7O2/c1-36(2)20-13-32-31-25-21-23(33-29(39)11-18-37-14-3-4-15-37)7-9-27(25)35-28-10-8-24(22-26(28)31)34-30(40)12-19-38-16-5-6-17-38/h7-10,21-22H,3-6,11-20H2,1-2H3,(H,32,35)(H,33,39)(H,34,40). The van der Waals surface area contributed by atoms with Crippen molar-refractivity contribution in [3.05, 3.63) is 36.4 Å². The zero-order valence-electron chi connectivity index (χ0n) is 24.0. The Morgan fingerprint density at radius 3 is 1.70 bits per heavy atom. The number of nitrogens with one attached hydrogen (secondary N) is 3. The first-order valence-electron chi connectivity index (χ1n) is 14.8. The number of pyridine rings is 1. The monoisotopic (exact) mass is 545 g/mol. The number of aromatic nitrogens is 1. The molecule has 2 fully saturated rings. The van der Waals surface area contributed by atoms with Gasteiger partial charge >= 0.3 is 0 Å². The van der Waals surface area contributed by atoms with Crippen LogP contribution in [0.5, 0.6) is 0 Å². The molecule has 9 heteroatoms. The van der Waals surface area contributed by atoms with Gasteiger partial charge in [-0.25, -0.2) is 4.98 Å². The SMILES string of the molecule is CN(C)CCNc1c2cc(NC(=O)CCN3CCCC3)ccc2nc2ccc(NC(=O)CCN3CCCC3)cc12. The van der Waals surface area contributed by atoms with Crippen molar-refractivity contribution in [1.82, 2.24) is 19.7 Å². The Balaban J connectivity index is 1.37. The minimum atomic E-state index is 0.0287. The molecule has 0 spiro atoms. The van der Waals surface area contributed by atoms with Crippen molar-refractivity contribution in [2.75, 3.05) is 82.4 Å². The van der Waals surface area contributed by atoms with Crippen LogP contribution >= 0.6 is 0 Å². The molecule has 40 heavy (non-hydrogen) atoms. The van der Waals surface area contributed by atoms with Crippen molar-refractivity contribution in [3.8, 4) is 0 Å². The van der Waals surface area contributed by atoms with Crippen LogP contribution in [0.15, 0.2) is 36.4 Å². The third-order valence-electron chi connectivity index (χ3n) is 7.91. The number of carbonyl (C=O) groups excluding carboxylic acids is 2. The van der Waals surface area contributed by atoms with E-state index in [4.69, 9.17) is 4.98 Å². The Kier molecular flexibility index (Phi) is 9.46. The first kappa shape index (κ1) is 28.3. The van der Waals surface area contributed by atoms with E-state index in [9.17, 15) is 9.59 Å². The first-order valence-corrected chi connectivity index (χ1v) is 14.8. The van der Waals surface area contributed by atoms with E-state index in [1.165, 1.54) is 25.7 Å². The third-order valence-corrected chi connectivity index (χ3v) is 7.91. The summed E-state index contributed by atoms with van der Waals surface area (Å²) in [6, 6.07) is 11.8. The van der Waals surface area contributed by atoms with Gasteiger partial charge in [-0.1, -0.05) is 0 Å². The topological polar surface area (TPSA) is 92.8 Å². The number of hydrogen-bond donors (Lipinski definition) is 3. The smallest absolute Gasteiger partial charge is 0.225 e. The Morgan fingerprint density at radius 2 is 1.25 bits per heavy atom. The molecule has 3 N–H and O–H groups in total. The Bertz CT molecular complexity index is 1240. The zero-order chi connectivity index (χ0) is 27.9. The molecule has 0 aliphatic carbocycles. The van der Waals surface area contributed by atoms with Crippen molar-refractivity contribution in [2.45, 2.75) is 38.5 Å². The van der Waals surface area contributed by atoms with Gasteiger partial charge in [-0.15, -0.1) is 0 Å². The third kappa shape index (κ3) is 7.47. The number of likely N-dealkylation sites (N-methyl/N-ethyl adjacent to an activating group) is 1. The Labute approximate surface area is 237 Å². The molecule has 2 saturated heterocycles. The van der Waals surface area contributed by atoms with Gasteiger partial charge in [0.1, 0.15) is 0 Å².